The number of hydrogen-bond donors (Lipinski definition) is 1. The Morgan fingerprint density at radius 3 is 2.57 bits per heavy atom. The molecule has 1 atom stereocenters. The third-order valence-corrected chi connectivity index (χ3v) is 4.18. The van der Waals surface area contributed by atoms with Gasteiger partial charge in [-0.2, -0.15) is 13.2 Å². The minimum atomic E-state index is -4.44. The number of anilines is 2. The molecule has 0 heterocycles. The Hall–Kier alpha value is -2.54. The lowest BCUT2D eigenvalue weighted by Gasteiger charge is -2.14. The zero-order valence-electron chi connectivity index (χ0n) is 15.9. The number of carbonyl (C=O) groups is 1. The zero-order chi connectivity index (χ0) is 20.6. The van der Waals surface area contributed by atoms with Crippen LogP contribution in [0.25, 0.3) is 0 Å². The Morgan fingerprint density at radius 2 is 1.86 bits per heavy atom. The van der Waals surface area contributed by atoms with Crippen LogP contribution in [0.2, 0.25) is 0 Å². The maximum Gasteiger partial charge on any atom is 0.416 e. The fraction of sp³-hybridized carbons (Fsp3) is 0.381. The number of carbonyl (C=O) groups excluding carboxylic acids is 1. The summed E-state index contributed by atoms with van der Waals surface area (Å²) in [4.78, 5) is 12.3. The van der Waals surface area contributed by atoms with Gasteiger partial charge in [0.2, 0.25) is 0 Å². The number of esters is 1. The monoisotopic (exact) mass is 395 g/mol. The van der Waals surface area contributed by atoms with Gasteiger partial charge in [0.25, 0.3) is 0 Å². The molecular formula is C21H24F3NO3. The second-order valence-electron chi connectivity index (χ2n) is 6.47. The first kappa shape index (κ1) is 21.8. The summed E-state index contributed by atoms with van der Waals surface area (Å²) < 4.78 is 49.3. The summed E-state index contributed by atoms with van der Waals surface area (Å²) in [5.74, 6) is -0.129. The van der Waals surface area contributed by atoms with Crippen molar-refractivity contribution in [3.05, 3.63) is 59.7 Å². The van der Waals surface area contributed by atoms with Crippen molar-refractivity contribution >= 4 is 17.3 Å². The molecule has 0 aliphatic heterocycles. The van der Waals surface area contributed by atoms with Crippen molar-refractivity contribution in [1.82, 2.24) is 0 Å². The van der Waals surface area contributed by atoms with Gasteiger partial charge in [0.05, 0.1) is 23.4 Å². The van der Waals surface area contributed by atoms with Gasteiger partial charge < -0.3 is 14.8 Å². The van der Waals surface area contributed by atoms with E-state index in [2.05, 4.69) is 19.2 Å². The van der Waals surface area contributed by atoms with E-state index in [-0.39, 0.29) is 17.9 Å². The largest absolute Gasteiger partial charge is 0.460 e. The van der Waals surface area contributed by atoms with Crippen molar-refractivity contribution in [3.63, 3.8) is 0 Å². The zero-order valence-corrected chi connectivity index (χ0v) is 15.9. The van der Waals surface area contributed by atoms with Crippen LogP contribution >= 0.6 is 0 Å². The summed E-state index contributed by atoms with van der Waals surface area (Å²) in [6, 6.07) is 11.3. The van der Waals surface area contributed by atoms with E-state index in [0.29, 0.717) is 24.8 Å². The average molecular weight is 395 g/mol. The van der Waals surface area contributed by atoms with E-state index in [9.17, 15) is 18.0 Å². The molecule has 2 rings (SSSR count). The summed E-state index contributed by atoms with van der Waals surface area (Å²) in [5, 5.41) is 2.86. The van der Waals surface area contributed by atoms with Crippen molar-refractivity contribution in [1.29, 1.82) is 0 Å². The summed E-state index contributed by atoms with van der Waals surface area (Å²) in [6.45, 7) is 5.14. The molecule has 0 radical (unpaired) electrons. The van der Waals surface area contributed by atoms with Gasteiger partial charge in [-0.25, -0.2) is 4.79 Å². The SMILES string of the molecule is CCC(C)COCCOC(=O)c1ccccc1Nc1cccc(C(F)(F)F)c1. The predicted octanol–water partition coefficient (Wildman–Crippen LogP) is 5.67. The number of alkyl halides is 3. The first-order chi connectivity index (χ1) is 13.3. The molecule has 1 N–H and O–H groups in total. The number of para-hydroxylation sites is 1. The molecule has 0 saturated heterocycles. The summed E-state index contributed by atoms with van der Waals surface area (Å²) in [5.41, 5.74) is 0.0668. The van der Waals surface area contributed by atoms with Gasteiger partial charge in [0.1, 0.15) is 6.61 Å². The second kappa shape index (κ2) is 10.1. The molecule has 0 aromatic heterocycles. The Kier molecular flexibility index (Phi) is 7.87. The molecular weight excluding hydrogens is 371 g/mol. The molecule has 0 aliphatic carbocycles. The van der Waals surface area contributed by atoms with Gasteiger partial charge in [-0.3, -0.25) is 0 Å². The number of benzene rings is 2. The van der Waals surface area contributed by atoms with E-state index >= 15 is 0 Å². The van der Waals surface area contributed by atoms with Gasteiger partial charge in [0.15, 0.2) is 0 Å². The molecule has 2 aromatic rings. The standard InChI is InChI=1S/C21H24F3NO3/c1-3-15(2)14-27-11-12-28-20(26)18-9-4-5-10-19(18)25-17-8-6-7-16(13-17)21(22,23)24/h4-10,13,15,25H,3,11-12,14H2,1-2H3. The molecule has 152 valence electrons. The first-order valence-electron chi connectivity index (χ1n) is 9.09. The molecule has 1 unspecified atom stereocenters. The van der Waals surface area contributed by atoms with Crippen molar-refractivity contribution in [3.8, 4) is 0 Å². The highest BCUT2D eigenvalue weighted by Gasteiger charge is 2.30. The predicted molar refractivity (Wildman–Crippen MR) is 102 cm³/mol. The summed E-state index contributed by atoms with van der Waals surface area (Å²) in [7, 11) is 0. The maximum absolute atomic E-state index is 12.9. The third-order valence-electron chi connectivity index (χ3n) is 4.18. The van der Waals surface area contributed by atoms with E-state index in [4.69, 9.17) is 9.47 Å². The number of ether oxygens (including phenoxy) is 2. The van der Waals surface area contributed by atoms with E-state index in [1.807, 2.05) is 0 Å². The molecule has 0 fully saturated rings. The molecule has 0 saturated carbocycles. The second-order valence-corrected chi connectivity index (χ2v) is 6.47. The van der Waals surface area contributed by atoms with Gasteiger partial charge in [-0.05, 0) is 36.2 Å². The van der Waals surface area contributed by atoms with E-state index in [0.717, 1.165) is 18.6 Å². The molecule has 0 bridgehead atoms. The van der Waals surface area contributed by atoms with Crippen LogP contribution in [0.3, 0.4) is 0 Å². The Morgan fingerprint density at radius 1 is 1.11 bits per heavy atom. The number of rotatable bonds is 9. The minimum Gasteiger partial charge on any atom is -0.460 e. The molecule has 4 nitrogen and oxygen atoms in total. The van der Waals surface area contributed by atoms with Crippen LogP contribution in [0.15, 0.2) is 48.5 Å². The highest BCUT2D eigenvalue weighted by Crippen LogP contribution is 2.31. The van der Waals surface area contributed by atoms with Crippen molar-refractivity contribution in [2.75, 3.05) is 25.1 Å². The average Bonchev–Trinajstić information content (AvgIpc) is 2.67. The molecule has 7 heteroatoms. The molecule has 2 aromatic carbocycles. The lowest BCUT2D eigenvalue weighted by molar-refractivity contribution is -0.137. The molecule has 28 heavy (non-hydrogen) atoms. The number of nitrogens with one attached hydrogen (secondary N) is 1. The summed E-state index contributed by atoms with van der Waals surface area (Å²) in [6.07, 6.45) is -3.43. The van der Waals surface area contributed by atoms with E-state index < -0.39 is 17.7 Å². The van der Waals surface area contributed by atoms with Crippen LogP contribution < -0.4 is 5.32 Å². The first-order valence-corrected chi connectivity index (χ1v) is 9.09. The lowest BCUT2D eigenvalue weighted by Crippen LogP contribution is -2.14. The van der Waals surface area contributed by atoms with E-state index in [1.165, 1.54) is 12.1 Å². The lowest BCUT2D eigenvalue weighted by atomic mass is 10.1. The smallest absolute Gasteiger partial charge is 0.416 e. The Bertz CT molecular complexity index is 777. The number of hydrogen-bond acceptors (Lipinski definition) is 4. The van der Waals surface area contributed by atoms with E-state index in [1.54, 1.807) is 24.3 Å². The van der Waals surface area contributed by atoms with Gasteiger partial charge in [-0.1, -0.05) is 38.5 Å². The minimum absolute atomic E-state index is 0.104. The van der Waals surface area contributed by atoms with Crippen LogP contribution in [-0.2, 0) is 15.7 Å². The van der Waals surface area contributed by atoms with Crippen molar-refractivity contribution in [2.45, 2.75) is 26.4 Å². The van der Waals surface area contributed by atoms with Crippen LogP contribution in [-0.4, -0.2) is 25.8 Å². The van der Waals surface area contributed by atoms with Crippen molar-refractivity contribution < 1.29 is 27.4 Å². The van der Waals surface area contributed by atoms with Crippen LogP contribution in [0.1, 0.15) is 36.2 Å². The molecule has 0 amide bonds. The third kappa shape index (κ3) is 6.56. The molecule has 0 spiro atoms. The maximum atomic E-state index is 12.9. The summed E-state index contributed by atoms with van der Waals surface area (Å²) >= 11 is 0. The van der Waals surface area contributed by atoms with Crippen LogP contribution in [0, 0.1) is 5.92 Å². The van der Waals surface area contributed by atoms with Gasteiger partial charge >= 0.3 is 12.1 Å². The topological polar surface area (TPSA) is 47.6 Å². The van der Waals surface area contributed by atoms with Crippen LogP contribution in [0.4, 0.5) is 24.5 Å². The van der Waals surface area contributed by atoms with Crippen LogP contribution in [0.5, 0.6) is 0 Å². The van der Waals surface area contributed by atoms with Gasteiger partial charge in [0, 0.05) is 12.3 Å². The van der Waals surface area contributed by atoms with Gasteiger partial charge in [-0.15, -0.1) is 0 Å². The normalized spacial score (nSPS) is 12.5. The number of halogens is 3. The highest BCUT2D eigenvalue weighted by atomic mass is 19.4. The fourth-order valence-corrected chi connectivity index (χ4v) is 2.37. The molecule has 0 aliphatic rings. The Balaban J connectivity index is 2.00. The Labute approximate surface area is 162 Å². The highest BCUT2D eigenvalue weighted by molar-refractivity contribution is 5.96. The quantitative estimate of drug-likeness (QED) is 0.439. The fourth-order valence-electron chi connectivity index (χ4n) is 2.37. The van der Waals surface area contributed by atoms with Crippen molar-refractivity contribution in [2.24, 2.45) is 5.92 Å².